The number of anilines is 1. The number of guanidine groups is 1. The summed E-state index contributed by atoms with van der Waals surface area (Å²) >= 11 is 0. The first kappa shape index (κ1) is 17.4. The molecule has 4 rings (SSSR count). The van der Waals surface area contributed by atoms with Gasteiger partial charge in [-0.3, -0.25) is 4.99 Å². The molecule has 0 aliphatic carbocycles. The standard InChI is InChI=1S/C17H26N6O3/c18-15(21-12-14-13-25-17(26-14)2-10-24-11-3-17)22-6-8-23(9-7-22)16-19-4-1-5-20-16/h1,4-5,14H,2-3,6-13H2,(H2,18,21). The molecule has 1 aromatic heterocycles. The van der Waals surface area contributed by atoms with E-state index in [0.717, 1.165) is 45.0 Å². The third-order valence-corrected chi connectivity index (χ3v) is 5.06. The zero-order chi connectivity index (χ0) is 17.8. The summed E-state index contributed by atoms with van der Waals surface area (Å²) in [4.78, 5) is 17.4. The van der Waals surface area contributed by atoms with Gasteiger partial charge in [0.15, 0.2) is 11.7 Å². The normalized spacial score (nSPS) is 26.5. The van der Waals surface area contributed by atoms with Gasteiger partial charge in [-0.1, -0.05) is 0 Å². The van der Waals surface area contributed by atoms with Crippen molar-refractivity contribution in [3.63, 3.8) is 0 Å². The number of rotatable bonds is 3. The van der Waals surface area contributed by atoms with Crippen molar-refractivity contribution in [3.05, 3.63) is 18.5 Å². The number of aromatic nitrogens is 2. The highest BCUT2D eigenvalue weighted by Gasteiger charge is 2.42. The maximum atomic E-state index is 6.19. The monoisotopic (exact) mass is 362 g/mol. The smallest absolute Gasteiger partial charge is 0.225 e. The summed E-state index contributed by atoms with van der Waals surface area (Å²) in [5.41, 5.74) is 6.19. The van der Waals surface area contributed by atoms with E-state index in [2.05, 4.69) is 24.8 Å². The Balaban J connectivity index is 1.25. The third-order valence-electron chi connectivity index (χ3n) is 5.06. The number of nitrogens with zero attached hydrogens (tertiary/aromatic N) is 5. The molecule has 3 aliphatic rings. The second-order valence-electron chi connectivity index (χ2n) is 6.80. The van der Waals surface area contributed by atoms with Gasteiger partial charge in [0.05, 0.1) is 26.4 Å². The quantitative estimate of drug-likeness (QED) is 0.585. The summed E-state index contributed by atoms with van der Waals surface area (Å²) in [6.07, 6.45) is 5.06. The average Bonchev–Trinajstić information content (AvgIpc) is 3.09. The molecule has 0 aromatic carbocycles. The number of nitrogens with two attached hydrogens (primary N) is 1. The lowest BCUT2D eigenvalue weighted by molar-refractivity contribution is -0.210. The molecule has 9 nitrogen and oxygen atoms in total. The number of hydrogen-bond donors (Lipinski definition) is 1. The van der Waals surface area contributed by atoms with Crippen molar-refractivity contribution in [3.8, 4) is 0 Å². The van der Waals surface area contributed by atoms with Gasteiger partial charge in [0, 0.05) is 51.4 Å². The minimum absolute atomic E-state index is 0.0364. The molecule has 1 unspecified atom stereocenters. The highest BCUT2D eigenvalue weighted by atomic mass is 16.7. The first-order valence-corrected chi connectivity index (χ1v) is 9.20. The lowest BCUT2D eigenvalue weighted by Crippen LogP contribution is -2.51. The van der Waals surface area contributed by atoms with Crippen molar-refractivity contribution in [2.24, 2.45) is 10.7 Å². The fourth-order valence-corrected chi connectivity index (χ4v) is 3.54. The second kappa shape index (κ2) is 7.73. The van der Waals surface area contributed by atoms with Crippen molar-refractivity contribution < 1.29 is 14.2 Å². The molecule has 3 saturated heterocycles. The van der Waals surface area contributed by atoms with Gasteiger partial charge in [-0.2, -0.15) is 0 Å². The van der Waals surface area contributed by atoms with E-state index >= 15 is 0 Å². The fraction of sp³-hybridized carbons (Fsp3) is 0.706. The van der Waals surface area contributed by atoms with Gasteiger partial charge in [-0.25, -0.2) is 9.97 Å². The molecular formula is C17H26N6O3. The molecule has 0 radical (unpaired) electrons. The molecule has 0 bridgehead atoms. The Labute approximate surface area is 153 Å². The van der Waals surface area contributed by atoms with Crippen LogP contribution in [0.4, 0.5) is 5.95 Å². The van der Waals surface area contributed by atoms with E-state index in [0.29, 0.717) is 32.3 Å². The molecule has 9 heteroatoms. The fourth-order valence-electron chi connectivity index (χ4n) is 3.54. The largest absolute Gasteiger partial charge is 0.381 e. The lowest BCUT2D eigenvalue weighted by Gasteiger charge is -2.35. The summed E-state index contributed by atoms with van der Waals surface area (Å²) in [7, 11) is 0. The molecule has 26 heavy (non-hydrogen) atoms. The summed E-state index contributed by atoms with van der Waals surface area (Å²) < 4.78 is 17.4. The van der Waals surface area contributed by atoms with Gasteiger partial charge in [-0.05, 0) is 6.07 Å². The molecule has 1 aromatic rings. The van der Waals surface area contributed by atoms with Crippen LogP contribution in [0.1, 0.15) is 12.8 Å². The van der Waals surface area contributed by atoms with E-state index in [1.807, 2.05) is 6.07 Å². The first-order chi connectivity index (χ1) is 12.7. The van der Waals surface area contributed by atoms with Crippen LogP contribution < -0.4 is 10.6 Å². The summed E-state index contributed by atoms with van der Waals surface area (Å²) in [5.74, 6) is 0.866. The van der Waals surface area contributed by atoms with Gasteiger partial charge in [0.2, 0.25) is 5.95 Å². The highest BCUT2D eigenvalue weighted by molar-refractivity contribution is 5.78. The molecule has 0 saturated carbocycles. The predicted octanol–water partition coefficient (Wildman–Crippen LogP) is -0.165. The molecular weight excluding hydrogens is 336 g/mol. The van der Waals surface area contributed by atoms with Crippen molar-refractivity contribution in [2.75, 3.05) is 57.4 Å². The highest BCUT2D eigenvalue weighted by Crippen LogP contribution is 2.33. The van der Waals surface area contributed by atoms with Crippen LogP contribution in [-0.2, 0) is 14.2 Å². The molecule has 3 fully saturated rings. The Hall–Kier alpha value is -1.97. The van der Waals surface area contributed by atoms with Gasteiger partial charge in [-0.15, -0.1) is 0 Å². The lowest BCUT2D eigenvalue weighted by atomic mass is 10.1. The Bertz CT molecular complexity index is 614. The van der Waals surface area contributed by atoms with Gasteiger partial charge >= 0.3 is 0 Å². The average molecular weight is 362 g/mol. The zero-order valence-electron chi connectivity index (χ0n) is 14.9. The Morgan fingerprint density at radius 1 is 1.19 bits per heavy atom. The molecule has 4 heterocycles. The van der Waals surface area contributed by atoms with Crippen LogP contribution in [0, 0.1) is 0 Å². The van der Waals surface area contributed by atoms with E-state index in [4.69, 9.17) is 19.9 Å². The van der Waals surface area contributed by atoms with Gasteiger partial charge in [0.25, 0.3) is 0 Å². The van der Waals surface area contributed by atoms with Crippen LogP contribution in [0.5, 0.6) is 0 Å². The van der Waals surface area contributed by atoms with E-state index in [1.54, 1.807) is 12.4 Å². The molecule has 0 amide bonds. The third kappa shape index (κ3) is 3.89. The summed E-state index contributed by atoms with van der Waals surface area (Å²) in [6.45, 7) is 5.72. The minimum atomic E-state index is -0.464. The second-order valence-corrected chi connectivity index (χ2v) is 6.80. The topological polar surface area (TPSA) is 98.3 Å². The van der Waals surface area contributed by atoms with Crippen LogP contribution in [-0.4, -0.2) is 85.3 Å². The van der Waals surface area contributed by atoms with Crippen LogP contribution in [0.2, 0.25) is 0 Å². The number of piperazine rings is 1. The summed E-state index contributed by atoms with van der Waals surface area (Å²) in [5, 5.41) is 0. The zero-order valence-corrected chi connectivity index (χ0v) is 14.9. The maximum absolute atomic E-state index is 6.19. The molecule has 3 aliphatic heterocycles. The molecule has 2 N–H and O–H groups in total. The minimum Gasteiger partial charge on any atom is -0.381 e. The van der Waals surface area contributed by atoms with Crippen molar-refractivity contribution in [1.29, 1.82) is 0 Å². The van der Waals surface area contributed by atoms with Crippen LogP contribution in [0.3, 0.4) is 0 Å². The van der Waals surface area contributed by atoms with Crippen LogP contribution in [0.25, 0.3) is 0 Å². The van der Waals surface area contributed by atoms with Crippen LogP contribution in [0.15, 0.2) is 23.5 Å². The van der Waals surface area contributed by atoms with E-state index in [-0.39, 0.29) is 6.10 Å². The van der Waals surface area contributed by atoms with Gasteiger partial charge in [0.1, 0.15) is 6.10 Å². The van der Waals surface area contributed by atoms with Crippen molar-refractivity contribution in [1.82, 2.24) is 14.9 Å². The Morgan fingerprint density at radius 3 is 2.65 bits per heavy atom. The Kier molecular flexibility index (Phi) is 5.18. The van der Waals surface area contributed by atoms with Crippen LogP contribution >= 0.6 is 0 Å². The van der Waals surface area contributed by atoms with E-state index in [9.17, 15) is 0 Å². The molecule has 1 spiro atoms. The number of hydrogen-bond acceptors (Lipinski definition) is 7. The summed E-state index contributed by atoms with van der Waals surface area (Å²) in [6, 6.07) is 1.82. The SMILES string of the molecule is NC(=NCC1COC2(CCOCC2)O1)N1CCN(c2ncccn2)CC1. The molecule has 1 atom stereocenters. The van der Waals surface area contributed by atoms with E-state index < -0.39 is 5.79 Å². The Morgan fingerprint density at radius 2 is 1.92 bits per heavy atom. The molecule has 142 valence electrons. The maximum Gasteiger partial charge on any atom is 0.225 e. The first-order valence-electron chi connectivity index (χ1n) is 9.20. The number of ether oxygens (including phenoxy) is 3. The van der Waals surface area contributed by atoms with Crippen molar-refractivity contribution >= 4 is 11.9 Å². The van der Waals surface area contributed by atoms with Crippen molar-refractivity contribution in [2.45, 2.75) is 24.7 Å². The predicted molar refractivity (Wildman–Crippen MR) is 95.9 cm³/mol. The number of aliphatic imine (C=N–C) groups is 1. The van der Waals surface area contributed by atoms with E-state index in [1.165, 1.54) is 0 Å². The van der Waals surface area contributed by atoms with Gasteiger partial charge < -0.3 is 29.7 Å².